The van der Waals surface area contributed by atoms with Crippen LogP contribution in [0.25, 0.3) is 10.9 Å². The van der Waals surface area contributed by atoms with Crippen molar-refractivity contribution in [2.24, 2.45) is 0 Å². The van der Waals surface area contributed by atoms with Crippen LogP contribution in [0.5, 0.6) is 0 Å². The van der Waals surface area contributed by atoms with E-state index in [2.05, 4.69) is 20.5 Å². The molecule has 7 nitrogen and oxygen atoms in total. The molecule has 1 aromatic carbocycles. The van der Waals surface area contributed by atoms with Crippen LogP contribution in [0.2, 0.25) is 0 Å². The van der Waals surface area contributed by atoms with E-state index in [1.54, 1.807) is 0 Å². The van der Waals surface area contributed by atoms with Crippen LogP contribution in [0.3, 0.4) is 0 Å². The normalized spacial score (nSPS) is 10.9. The predicted molar refractivity (Wildman–Crippen MR) is 83.1 cm³/mol. The number of H-pyrrole nitrogens is 1. The molecular formula is C14H11FN4O3S. The summed E-state index contributed by atoms with van der Waals surface area (Å²) in [6.45, 7) is 0.281. The van der Waals surface area contributed by atoms with Gasteiger partial charge in [-0.2, -0.15) is 0 Å². The van der Waals surface area contributed by atoms with Crippen molar-refractivity contribution in [3.8, 4) is 0 Å². The number of halogens is 1. The number of aromatic nitrogens is 3. The van der Waals surface area contributed by atoms with Crippen LogP contribution < -0.4 is 10.7 Å². The minimum absolute atomic E-state index is 0.106. The van der Waals surface area contributed by atoms with Gasteiger partial charge in [-0.05, 0) is 18.2 Å². The minimum atomic E-state index is -0.641. The third-order valence-electron chi connectivity index (χ3n) is 3.04. The minimum Gasteiger partial charge on any atom is -0.377 e. The van der Waals surface area contributed by atoms with Crippen LogP contribution in [0.15, 0.2) is 29.2 Å². The number of methoxy groups -OCH3 is 1. The van der Waals surface area contributed by atoms with Crippen molar-refractivity contribution in [2.75, 3.05) is 12.4 Å². The molecule has 0 atom stereocenters. The quantitative estimate of drug-likeness (QED) is 0.760. The summed E-state index contributed by atoms with van der Waals surface area (Å²) in [5.41, 5.74) is -0.241. The van der Waals surface area contributed by atoms with Crippen molar-refractivity contribution in [2.45, 2.75) is 6.61 Å². The summed E-state index contributed by atoms with van der Waals surface area (Å²) in [6.07, 6.45) is 1.29. The number of anilines is 1. The van der Waals surface area contributed by atoms with Crippen molar-refractivity contribution < 1.29 is 13.9 Å². The molecule has 0 aliphatic heterocycles. The fraction of sp³-hybridized carbons (Fsp3) is 0.143. The van der Waals surface area contributed by atoms with E-state index in [0.717, 1.165) is 17.4 Å². The van der Waals surface area contributed by atoms with Gasteiger partial charge in [-0.1, -0.05) is 11.3 Å². The zero-order valence-electron chi connectivity index (χ0n) is 11.9. The zero-order valence-corrected chi connectivity index (χ0v) is 12.7. The standard InChI is InChI=1S/C14H11FN4O3S/c1-22-6-11-18-19-14(23-11)17-13(21)9-5-16-10-3-2-7(15)4-8(10)12(9)20/h2-5H,6H2,1H3,(H,16,20)(H,17,19,21). The predicted octanol–water partition coefficient (Wildman–Crippen LogP) is 1.92. The zero-order chi connectivity index (χ0) is 16.4. The second-order valence-corrected chi connectivity index (χ2v) is 5.67. The first-order chi connectivity index (χ1) is 11.1. The first-order valence-electron chi connectivity index (χ1n) is 6.52. The van der Waals surface area contributed by atoms with Crippen molar-refractivity contribution in [1.29, 1.82) is 0 Å². The van der Waals surface area contributed by atoms with E-state index in [4.69, 9.17) is 4.74 Å². The number of ether oxygens (including phenoxy) is 1. The van der Waals surface area contributed by atoms with Gasteiger partial charge in [0.2, 0.25) is 10.6 Å². The molecule has 0 unspecified atom stereocenters. The van der Waals surface area contributed by atoms with Gasteiger partial charge in [0.1, 0.15) is 23.0 Å². The Morgan fingerprint density at radius 1 is 1.43 bits per heavy atom. The average molecular weight is 334 g/mol. The topological polar surface area (TPSA) is 97.0 Å². The first kappa shape index (κ1) is 15.3. The number of carbonyl (C=O) groups is 1. The molecular weight excluding hydrogens is 323 g/mol. The van der Waals surface area contributed by atoms with Crippen molar-refractivity contribution in [3.63, 3.8) is 0 Å². The molecule has 0 radical (unpaired) electrons. The summed E-state index contributed by atoms with van der Waals surface area (Å²) in [5, 5.41) is 11.1. The fourth-order valence-corrected chi connectivity index (χ4v) is 2.72. The number of carbonyl (C=O) groups excluding carboxylic acids is 1. The third-order valence-corrected chi connectivity index (χ3v) is 3.85. The van der Waals surface area contributed by atoms with Crippen LogP contribution in [-0.4, -0.2) is 28.2 Å². The maximum absolute atomic E-state index is 13.3. The number of rotatable bonds is 4. The molecule has 0 aliphatic carbocycles. The summed E-state index contributed by atoms with van der Waals surface area (Å²) in [5.74, 6) is -1.19. The number of amides is 1. The lowest BCUT2D eigenvalue weighted by molar-refractivity contribution is 0.102. The Labute approximate surface area is 133 Å². The maximum Gasteiger partial charge on any atom is 0.262 e. The first-order valence-corrected chi connectivity index (χ1v) is 7.34. The number of hydrogen-bond donors (Lipinski definition) is 2. The molecule has 9 heteroatoms. The van der Waals surface area contributed by atoms with Gasteiger partial charge in [0.05, 0.1) is 0 Å². The molecule has 2 N–H and O–H groups in total. The van der Waals surface area contributed by atoms with E-state index >= 15 is 0 Å². The van der Waals surface area contributed by atoms with Crippen LogP contribution in [0.4, 0.5) is 9.52 Å². The second kappa shape index (κ2) is 6.23. The highest BCUT2D eigenvalue weighted by atomic mass is 32.1. The van der Waals surface area contributed by atoms with Gasteiger partial charge >= 0.3 is 0 Å². The monoisotopic (exact) mass is 334 g/mol. The number of aromatic amines is 1. The summed E-state index contributed by atoms with van der Waals surface area (Å²) < 4.78 is 18.2. The molecule has 3 aromatic rings. The molecule has 0 spiro atoms. The lowest BCUT2D eigenvalue weighted by Gasteiger charge is -2.03. The number of fused-ring (bicyclic) bond motifs is 1. The smallest absolute Gasteiger partial charge is 0.262 e. The Balaban J connectivity index is 1.91. The van der Waals surface area contributed by atoms with Crippen LogP contribution in [-0.2, 0) is 11.3 Å². The Morgan fingerprint density at radius 2 is 2.26 bits per heavy atom. The molecule has 118 valence electrons. The van der Waals surface area contributed by atoms with Crippen molar-refractivity contribution >= 4 is 33.3 Å². The summed E-state index contributed by atoms with van der Waals surface area (Å²) >= 11 is 1.14. The van der Waals surface area contributed by atoms with Gasteiger partial charge < -0.3 is 9.72 Å². The van der Waals surface area contributed by atoms with E-state index in [-0.39, 0.29) is 22.7 Å². The van der Waals surface area contributed by atoms with E-state index in [1.807, 2.05) is 0 Å². The lowest BCUT2D eigenvalue weighted by Crippen LogP contribution is -2.22. The van der Waals surface area contributed by atoms with Crippen molar-refractivity contribution in [1.82, 2.24) is 15.2 Å². The molecule has 23 heavy (non-hydrogen) atoms. The summed E-state index contributed by atoms with van der Waals surface area (Å²) in [7, 11) is 1.52. The molecule has 2 aromatic heterocycles. The van der Waals surface area contributed by atoms with E-state index < -0.39 is 17.2 Å². The lowest BCUT2D eigenvalue weighted by atomic mass is 10.1. The van der Waals surface area contributed by atoms with Gasteiger partial charge in [-0.25, -0.2) is 4.39 Å². The number of benzene rings is 1. The summed E-state index contributed by atoms with van der Waals surface area (Å²) in [6, 6.07) is 3.76. The molecule has 3 rings (SSSR count). The molecule has 0 aliphatic rings. The van der Waals surface area contributed by atoms with Crippen molar-refractivity contribution in [3.05, 3.63) is 51.0 Å². The molecule has 0 fully saturated rings. The van der Waals surface area contributed by atoms with Crippen LogP contribution in [0.1, 0.15) is 15.4 Å². The second-order valence-electron chi connectivity index (χ2n) is 4.61. The SMILES string of the molecule is COCc1nnc(NC(=O)c2c[nH]c3ccc(F)cc3c2=O)s1. The average Bonchev–Trinajstić information content (AvgIpc) is 2.95. The van der Waals surface area contributed by atoms with Gasteiger partial charge in [-0.3, -0.25) is 14.9 Å². The highest BCUT2D eigenvalue weighted by Crippen LogP contribution is 2.17. The highest BCUT2D eigenvalue weighted by Gasteiger charge is 2.15. The Bertz CT molecular complexity index is 937. The number of hydrogen-bond acceptors (Lipinski definition) is 6. The molecule has 1 amide bonds. The van der Waals surface area contributed by atoms with E-state index in [1.165, 1.54) is 25.4 Å². The van der Waals surface area contributed by atoms with E-state index in [0.29, 0.717) is 10.5 Å². The Kier molecular flexibility index (Phi) is 4.13. The molecule has 0 bridgehead atoms. The molecule has 0 saturated heterocycles. The van der Waals surface area contributed by atoms with Crippen LogP contribution >= 0.6 is 11.3 Å². The largest absolute Gasteiger partial charge is 0.377 e. The molecule has 0 saturated carbocycles. The Hall–Kier alpha value is -2.65. The van der Waals surface area contributed by atoms with E-state index in [9.17, 15) is 14.0 Å². The summed E-state index contributed by atoms with van der Waals surface area (Å²) in [4.78, 5) is 27.3. The third kappa shape index (κ3) is 3.10. The maximum atomic E-state index is 13.3. The number of pyridine rings is 1. The number of nitrogens with one attached hydrogen (secondary N) is 2. The van der Waals surface area contributed by atoms with Crippen LogP contribution in [0, 0.1) is 5.82 Å². The number of nitrogens with zero attached hydrogens (tertiary/aromatic N) is 2. The fourth-order valence-electron chi connectivity index (χ4n) is 2.01. The van der Waals surface area contributed by atoms with Gasteiger partial charge in [0.15, 0.2) is 0 Å². The van der Waals surface area contributed by atoms with Gasteiger partial charge in [-0.15, -0.1) is 10.2 Å². The highest BCUT2D eigenvalue weighted by molar-refractivity contribution is 7.15. The molecule has 2 heterocycles. The Morgan fingerprint density at radius 3 is 3.04 bits per heavy atom. The van der Waals surface area contributed by atoms with Gasteiger partial charge in [0.25, 0.3) is 5.91 Å². The van der Waals surface area contributed by atoms with Gasteiger partial charge in [0, 0.05) is 24.2 Å².